The van der Waals surface area contributed by atoms with Crippen LogP contribution in [0.3, 0.4) is 0 Å². The molecule has 2 rings (SSSR count). The van der Waals surface area contributed by atoms with E-state index in [1.165, 1.54) is 6.26 Å². The van der Waals surface area contributed by atoms with Crippen molar-refractivity contribution in [3.8, 4) is 0 Å². The van der Waals surface area contributed by atoms with Gasteiger partial charge in [0.05, 0.1) is 12.2 Å². The van der Waals surface area contributed by atoms with E-state index >= 15 is 0 Å². The van der Waals surface area contributed by atoms with E-state index in [9.17, 15) is 18.0 Å². The van der Waals surface area contributed by atoms with Gasteiger partial charge in [-0.2, -0.15) is 13.2 Å². The summed E-state index contributed by atoms with van der Waals surface area (Å²) in [5.74, 6) is -0.524. The number of guanidine groups is 1. The predicted octanol–water partition coefficient (Wildman–Crippen LogP) is 4.00. The number of nitrogens with zero attached hydrogens (tertiary/aromatic N) is 1. The van der Waals surface area contributed by atoms with Gasteiger partial charge in [-0.3, -0.25) is 9.79 Å². The van der Waals surface area contributed by atoms with Gasteiger partial charge in [0.2, 0.25) is 0 Å². The highest BCUT2D eigenvalue weighted by Gasteiger charge is 2.41. The summed E-state index contributed by atoms with van der Waals surface area (Å²) in [6, 6.07) is 1.73. The van der Waals surface area contributed by atoms with Gasteiger partial charge in [0.25, 0.3) is 5.91 Å². The number of hydrogen-bond acceptors (Lipinski definition) is 3. The number of halogens is 4. The maximum Gasteiger partial charge on any atom is 0.391 e. The van der Waals surface area contributed by atoms with Crippen LogP contribution in [0.5, 0.6) is 0 Å². The lowest BCUT2D eigenvalue weighted by Crippen LogP contribution is -2.46. The molecule has 29 heavy (non-hydrogen) atoms. The molecular formula is C19H30F3IN4O2. The number of rotatable bonds is 7. The van der Waals surface area contributed by atoms with Crippen LogP contribution in [-0.4, -0.2) is 43.7 Å². The number of amides is 1. The number of carbonyl (C=O) groups excluding carboxylic acids is 1. The Bertz CT molecular complexity index is 656. The van der Waals surface area contributed by atoms with Crippen molar-refractivity contribution in [2.75, 3.05) is 19.6 Å². The van der Waals surface area contributed by atoms with Gasteiger partial charge in [-0.15, -0.1) is 24.0 Å². The van der Waals surface area contributed by atoms with Gasteiger partial charge < -0.3 is 20.4 Å². The Balaban J connectivity index is 0.00000420. The molecule has 1 aromatic rings. The summed E-state index contributed by atoms with van der Waals surface area (Å²) in [5, 5.41) is 9.13. The summed E-state index contributed by atoms with van der Waals surface area (Å²) in [5.41, 5.74) is 0.786. The molecule has 0 saturated heterocycles. The fourth-order valence-electron chi connectivity index (χ4n) is 3.24. The molecule has 0 spiro atoms. The van der Waals surface area contributed by atoms with E-state index in [0.29, 0.717) is 50.6 Å². The third-order valence-electron chi connectivity index (χ3n) is 4.83. The summed E-state index contributed by atoms with van der Waals surface area (Å²) < 4.78 is 43.4. The minimum atomic E-state index is -4.10. The van der Waals surface area contributed by atoms with Gasteiger partial charge in [0.1, 0.15) is 0 Å². The minimum absolute atomic E-state index is 0. The Morgan fingerprint density at radius 3 is 2.48 bits per heavy atom. The third kappa shape index (κ3) is 8.43. The van der Waals surface area contributed by atoms with Crippen molar-refractivity contribution >= 4 is 35.8 Å². The molecule has 1 amide bonds. The van der Waals surface area contributed by atoms with Crippen LogP contribution in [-0.2, 0) is 0 Å². The third-order valence-corrected chi connectivity index (χ3v) is 4.83. The zero-order valence-corrected chi connectivity index (χ0v) is 19.1. The molecule has 1 aliphatic rings. The first-order valence-corrected chi connectivity index (χ1v) is 9.75. The van der Waals surface area contributed by atoms with Gasteiger partial charge in [-0.25, -0.2) is 0 Å². The minimum Gasteiger partial charge on any atom is -0.459 e. The lowest BCUT2D eigenvalue weighted by molar-refractivity contribution is -0.182. The Kier molecular flexibility index (Phi) is 10.8. The van der Waals surface area contributed by atoms with Gasteiger partial charge in [-0.1, -0.05) is 0 Å². The number of carbonyl (C=O) groups is 1. The van der Waals surface area contributed by atoms with Crippen LogP contribution in [0.2, 0.25) is 0 Å². The Morgan fingerprint density at radius 2 is 1.93 bits per heavy atom. The number of aryl methyl sites for hydroxylation is 1. The van der Waals surface area contributed by atoms with E-state index in [4.69, 9.17) is 4.42 Å². The average molecular weight is 530 g/mol. The van der Waals surface area contributed by atoms with Crippen LogP contribution in [0.25, 0.3) is 0 Å². The summed E-state index contributed by atoms with van der Waals surface area (Å²) in [4.78, 5) is 16.4. The smallest absolute Gasteiger partial charge is 0.391 e. The van der Waals surface area contributed by atoms with Crippen LogP contribution in [0.4, 0.5) is 13.2 Å². The highest BCUT2D eigenvalue weighted by molar-refractivity contribution is 14.0. The second kappa shape index (κ2) is 12.3. The maximum absolute atomic E-state index is 12.8. The fourth-order valence-corrected chi connectivity index (χ4v) is 3.24. The first kappa shape index (κ1) is 25.6. The highest BCUT2D eigenvalue weighted by atomic mass is 127. The number of furan rings is 1. The summed E-state index contributed by atoms with van der Waals surface area (Å²) in [6.45, 7) is 5.35. The van der Waals surface area contributed by atoms with Crippen molar-refractivity contribution in [1.29, 1.82) is 0 Å². The molecule has 0 atom stereocenters. The van der Waals surface area contributed by atoms with Crippen molar-refractivity contribution in [2.45, 2.75) is 58.2 Å². The zero-order valence-electron chi connectivity index (χ0n) is 16.8. The molecule has 6 nitrogen and oxygen atoms in total. The van der Waals surface area contributed by atoms with Gasteiger partial charge in [-0.05, 0) is 52.0 Å². The molecule has 0 aromatic carbocycles. The molecule has 0 aliphatic heterocycles. The second-order valence-corrected chi connectivity index (χ2v) is 7.04. The fraction of sp³-hybridized carbons (Fsp3) is 0.684. The molecule has 166 valence electrons. The molecule has 1 aliphatic carbocycles. The molecule has 0 bridgehead atoms. The molecule has 1 aromatic heterocycles. The number of hydrogen-bond donors (Lipinski definition) is 3. The lowest BCUT2D eigenvalue weighted by atomic mass is 9.85. The average Bonchev–Trinajstić information content (AvgIpc) is 3.07. The van der Waals surface area contributed by atoms with Crippen LogP contribution >= 0.6 is 24.0 Å². The zero-order chi connectivity index (χ0) is 20.6. The molecule has 1 saturated carbocycles. The summed E-state index contributed by atoms with van der Waals surface area (Å²) in [6.07, 6.45) is -0.714. The summed E-state index contributed by atoms with van der Waals surface area (Å²) >= 11 is 0. The molecule has 1 fully saturated rings. The molecule has 0 unspecified atom stereocenters. The van der Waals surface area contributed by atoms with E-state index in [2.05, 4.69) is 20.9 Å². The van der Waals surface area contributed by atoms with Crippen LogP contribution < -0.4 is 16.0 Å². The number of aliphatic imine (C=N–C) groups is 1. The standard InChI is InChI=1S/C19H29F3N4O2.HI/c1-3-23-18(26-15-7-5-14(6-8-15)19(20,21)22)25-11-4-10-24-17(27)16-13(2)9-12-28-16;/h9,12,14-15H,3-8,10-11H2,1-2H3,(H,24,27)(H2,23,25,26);1H. The van der Waals surface area contributed by atoms with Crippen LogP contribution in [0.15, 0.2) is 21.7 Å². The van der Waals surface area contributed by atoms with Crippen molar-refractivity contribution < 1.29 is 22.4 Å². The molecule has 10 heteroatoms. The van der Waals surface area contributed by atoms with E-state index in [1.54, 1.807) is 13.0 Å². The van der Waals surface area contributed by atoms with Gasteiger partial charge in [0.15, 0.2) is 11.7 Å². The quantitative estimate of drug-likeness (QED) is 0.216. The van der Waals surface area contributed by atoms with Crippen LogP contribution in [0.1, 0.15) is 55.1 Å². The Morgan fingerprint density at radius 1 is 1.24 bits per heavy atom. The van der Waals surface area contributed by atoms with Crippen LogP contribution in [0, 0.1) is 12.8 Å². The van der Waals surface area contributed by atoms with Gasteiger partial charge >= 0.3 is 6.18 Å². The molecule has 1 heterocycles. The van der Waals surface area contributed by atoms with Crippen molar-refractivity contribution in [2.24, 2.45) is 10.9 Å². The number of nitrogens with one attached hydrogen (secondary N) is 3. The lowest BCUT2D eigenvalue weighted by Gasteiger charge is -2.31. The Labute approximate surface area is 186 Å². The predicted molar refractivity (Wildman–Crippen MR) is 117 cm³/mol. The normalized spacial score (nSPS) is 20.0. The Hall–Kier alpha value is -1.46. The number of alkyl halides is 3. The SMILES string of the molecule is CCNC(=NCCCNC(=O)c1occc1C)NC1CCC(C(F)(F)F)CC1.I. The monoisotopic (exact) mass is 530 g/mol. The first-order valence-electron chi connectivity index (χ1n) is 9.75. The summed E-state index contributed by atoms with van der Waals surface area (Å²) in [7, 11) is 0. The topological polar surface area (TPSA) is 78.7 Å². The molecule has 0 radical (unpaired) electrons. The maximum atomic E-state index is 12.8. The second-order valence-electron chi connectivity index (χ2n) is 7.04. The molecular weight excluding hydrogens is 500 g/mol. The van der Waals surface area contributed by atoms with E-state index < -0.39 is 12.1 Å². The van der Waals surface area contributed by atoms with Crippen molar-refractivity contribution in [3.63, 3.8) is 0 Å². The van der Waals surface area contributed by atoms with Gasteiger partial charge in [0, 0.05) is 31.2 Å². The van der Waals surface area contributed by atoms with E-state index in [-0.39, 0.29) is 48.8 Å². The van der Waals surface area contributed by atoms with E-state index in [0.717, 1.165) is 5.56 Å². The largest absolute Gasteiger partial charge is 0.459 e. The molecule has 3 N–H and O–H groups in total. The first-order chi connectivity index (χ1) is 13.3. The van der Waals surface area contributed by atoms with Crippen molar-refractivity contribution in [3.05, 3.63) is 23.7 Å². The highest BCUT2D eigenvalue weighted by Crippen LogP contribution is 2.37. The van der Waals surface area contributed by atoms with Crippen molar-refractivity contribution in [1.82, 2.24) is 16.0 Å². The van der Waals surface area contributed by atoms with E-state index in [1.807, 2.05) is 6.92 Å².